The summed E-state index contributed by atoms with van der Waals surface area (Å²) in [5.74, 6) is -0.667. The van der Waals surface area contributed by atoms with Crippen LogP contribution in [0.3, 0.4) is 0 Å². The number of aryl methyl sites for hydroxylation is 3. The van der Waals surface area contributed by atoms with Crippen molar-refractivity contribution in [2.75, 3.05) is 5.73 Å². The highest BCUT2D eigenvalue weighted by Gasteiger charge is 2.14. The van der Waals surface area contributed by atoms with E-state index in [9.17, 15) is 4.79 Å². The number of benzene rings is 1. The van der Waals surface area contributed by atoms with Crippen molar-refractivity contribution in [1.82, 2.24) is 15.2 Å². The summed E-state index contributed by atoms with van der Waals surface area (Å²) in [6.45, 7) is 2.09. The molecule has 3 aromatic rings. The van der Waals surface area contributed by atoms with E-state index in [2.05, 4.69) is 22.1 Å². The van der Waals surface area contributed by atoms with E-state index in [0.717, 1.165) is 30.3 Å². The molecule has 4 N–H and O–H groups in total. The fraction of sp³-hybridized carbons (Fsp3) is 0.222. The molecule has 122 valence electrons. The molecule has 0 spiro atoms. The maximum Gasteiger partial charge on any atom is 0.271 e. The molecule has 0 bridgehead atoms. The van der Waals surface area contributed by atoms with Gasteiger partial charge in [0.25, 0.3) is 5.91 Å². The number of primary amides is 1. The molecular weight excluding hydrogens is 302 g/mol. The molecule has 0 fully saturated rings. The van der Waals surface area contributed by atoms with Crippen molar-refractivity contribution < 1.29 is 4.79 Å². The quantitative estimate of drug-likeness (QED) is 0.749. The Bertz CT molecular complexity index is 907. The van der Waals surface area contributed by atoms with Gasteiger partial charge in [-0.15, -0.1) is 10.2 Å². The Kier molecular flexibility index (Phi) is 4.37. The molecule has 1 aromatic carbocycles. The Hall–Kier alpha value is -3.02. The third-order valence-electron chi connectivity index (χ3n) is 4.19. The molecule has 2 heterocycles. The molecule has 1 amide bonds. The van der Waals surface area contributed by atoms with Crippen molar-refractivity contribution in [3.8, 4) is 0 Å². The van der Waals surface area contributed by atoms with Crippen LogP contribution in [0.25, 0.3) is 10.9 Å². The lowest BCUT2D eigenvalue weighted by atomic mass is 10.00. The van der Waals surface area contributed by atoms with Gasteiger partial charge in [0.15, 0.2) is 5.69 Å². The van der Waals surface area contributed by atoms with Crippen LogP contribution in [0.15, 0.2) is 36.7 Å². The van der Waals surface area contributed by atoms with Gasteiger partial charge in [0.1, 0.15) is 0 Å². The van der Waals surface area contributed by atoms with E-state index in [1.807, 2.05) is 30.5 Å². The molecule has 0 aliphatic carbocycles. The van der Waals surface area contributed by atoms with E-state index in [1.165, 1.54) is 11.1 Å². The molecule has 0 aliphatic heterocycles. The number of hydrogen-bond donors (Lipinski definition) is 2. The minimum absolute atomic E-state index is 0.0191. The first-order chi connectivity index (χ1) is 11.6. The van der Waals surface area contributed by atoms with Gasteiger partial charge in [0.2, 0.25) is 0 Å². The van der Waals surface area contributed by atoms with Crippen LogP contribution in [0.4, 0.5) is 5.69 Å². The van der Waals surface area contributed by atoms with Crippen molar-refractivity contribution >= 4 is 22.5 Å². The molecule has 0 unspecified atom stereocenters. The highest BCUT2D eigenvalue weighted by atomic mass is 16.1. The van der Waals surface area contributed by atoms with Crippen LogP contribution in [0.1, 0.15) is 33.6 Å². The van der Waals surface area contributed by atoms with E-state index in [0.29, 0.717) is 5.39 Å². The van der Waals surface area contributed by atoms with E-state index in [4.69, 9.17) is 11.5 Å². The Balaban J connectivity index is 1.84. The van der Waals surface area contributed by atoms with Crippen LogP contribution in [0, 0.1) is 6.92 Å². The number of amides is 1. The Labute approximate surface area is 139 Å². The normalized spacial score (nSPS) is 10.9. The highest BCUT2D eigenvalue weighted by Crippen LogP contribution is 2.25. The second-order valence-electron chi connectivity index (χ2n) is 5.80. The first-order valence-corrected chi connectivity index (χ1v) is 7.81. The third-order valence-corrected chi connectivity index (χ3v) is 4.19. The summed E-state index contributed by atoms with van der Waals surface area (Å²) in [5.41, 5.74) is 15.9. The zero-order valence-corrected chi connectivity index (χ0v) is 13.5. The fourth-order valence-electron chi connectivity index (χ4n) is 2.82. The van der Waals surface area contributed by atoms with Gasteiger partial charge < -0.3 is 11.5 Å². The summed E-state index contributed by atoms with van der Waals surface area (Å²) in [5, 5.41) is 8.77. The van der Waals surface area contributed by atoms with Crippen molar-refractivity contribution in [2.45, 2.75) is 26.2 Å². The molecule has 24 heavy (non-hydrogen) atoms. The van der Waals surface area contributed by atoms with E-state index < -0.39 is 5.91 Å². The number of aromatic nitrogens is 3. The average Bonchev–Trinajstić information content (AvgIpc) is 2.57. The van der Waals surface area contributed by atoms with Crippen molar-refractivity contribution in [3.05, 3.63) is 59.0 Å². The summed E-state index contributed by atoms with van der Waals surface area (Å²) in [6.07, 6.45) is 6.46. The van der Waals surface area contributed by atoms with Gasteiger partial charge in [0.05, 0.1) is 11.2 Å². The molecule has 2 aromatic heterocycles. The number of anilines is 1. The largest absolute Gasteiger partial charge is 0.396 e. The number of nitrogen functional groups attached to an aromatic ring is 1. The molecule has 0 saturated heterocycles. The smallest absolute Gasteiger partial charge is 0.271 e. The standard InChI is InChI=1S/C18H19N5O/c1-11-8-9-21-10-13(11)6-2-4-12-5-3-7-14-15(19)17(18(20)24)23-22-16(12)14/h3,5,7-10H,2,4,6H2,1H3,(H2,19,22)(H2,20,24). The fourth-order valence-corrected chi connectivity index (χ4v) is 2.82. The topological polar surface area (TPSA) is 108 Å². The molecule has 3 rings (SSSR count). The summed E-state index contributed by atoms with van der Waals surface area (Å²) in [7, 11) is 0. The van der Waals surface area contributed by atoms with Crippen LogP contribution in [-0.2, 0) is 12.8 Å². The van der Waals surface area contributed by atoms with Gasteiger partial charge in [-0.3, -0.25) is 9.78 Å². The number of pyridine rings is 1. The van der Waals surface area contributed by atoms with Gasteiger partial charge in [-0.2, -0.15) is 0 Å². The zero-order valence-electron chi connectivity index (χ0n) is 13.5. The second-order valence-corrected chi connectivity index (χ2v) is 5.80. The Morgan fingerprint density at radius 2 is 1.92 bits per heavy atom. The van der Waals surface area contributed by atoms with E-state index in [-0.39, 0.29) is 11.4 Å². The van der Waals surface area contributed by atoms with E-state index >= 15 is 0 Å². The monoisotopic (exact) mass is 321 g/mol. The molecule has 0 atom stereocenters. The van der Waals surface area contributed by atoms with Crippen LogP contribution in [0.2, 0.25) is 0 Å². The first kappa shape index (κ1) is 15.9. The molecule has 0 saturated carbocycles. The molecular formula is C18H19N5O. The number of hydrogen-bond acceptors (Lipinski definition) is 5. The number of rotatable bonds is 5. The van der Waals surface area contributed by atoms with Gasteiger partial charge in [-0.05, 0) is 48.9 Å². The summed E-state index contributed by atoms with van der Waals surface area (Å²) < 4.78 is 0. The number of nitrogens with two attached hydrogens (primary N) is 2. The maximum atomic E-state index is 11.3. The number of carbonyl (C=O) groups excluding carboxylic acids is 1. The molecule has 0 radical (unpaired) electrons. The van der Waals surface area contributed by atoms with Crippen molar-refractivity contribution in [2.24, 2.45) is 5.73 Å². The summed E-state index contributed by atoms with van der Waals surface area (Å²) in [6, 6.07) is 7.78. The van der Waals surface area contributed by atoms with E-state index in [1.54, 1.807) is 6.20 Å². The minimum atomic E-state index is -0.667. The van der Waals surface area contributed by atoms with Crippen molar-refractivity contribution in [3.63, 3.8) is 0 Å². The number of nitrogens with zero attached hydrogens (tertiary/aromatic N) is 3. The van der Waals surface area contributed by atoms with Gasteiger partial charge in [-0.1, -0.05) is 18.2 Å². The van der Waals surface area contributed by atoms with Crippen LogP contribution >= 0.6 is 0 Å². The average molecular weight is 321 g/mol. The molecule has 6 nitrogen and oxygen atoms in total. The van der Waals surface area contributed by atoms with Gasteiger partial charge in [0, 0.05) is 17.8 Å². The first-order valence-electron chi connectivity index (χ1n) is 7.81. The summed E-state index contributed by atoms with van der Waals surface area (Å²) >= 11 is 0. The highest BCUT2D eigenvalue weighted by molar-refractivity contribution is 6.04. The maximum absolute atomic E-state index is 11.3. The molecule has 6 heteroatoms. The number of fused-ring (bicyclic) bond motifs is 1. The third kappa shape index (κ3) is 3.03. The predicted molar refractivity (Wildman–Crippen MR) is 93.5 cm³/mol. The van der Waals surface area contributed by atoms with Gasteiger partial charge in [-0.25, -0.2) is 0 Å². The lowest BCUT2D eigenvalue weighted by Crippen LogP contribution is -2.17. The number of carbonyl (C=O) groups is 1. The zero-order chi connectivity index (χ0) is 17.1. The Morgan fingerprint density at radius 3 is 2.67 bits per heavy atom. The Morgan fingerprint density at radius 1 is 1.12 bits per heavy atom. The SMILES string of the molecule is Cc1ccncc1CCCc1cccc2c(N)c(C(N)=O)nnc12. The second kappa shape index (κ2) is 6.62. The van der Waals surface area contributed by atoms with Crippen LogP contribution in [-0.4, -0.2) is 21.1 Å². The predicted octanol–water partition coefficient (Wildman–Crippen LogP) is 2.19. The van der Waals surface area contributed by atoms with Crippen LogP contribution in [0.5, 0.6) is 0 Å². The summed E-state index contributed by atoms with van der Waals surface area (Å²) in [4.78, 5) is 15.5. The van der Waals surface area contributed by atoms with Gasteiger partial charge >= 0.3 is 0 Å². The minimum Gasteiger partial charge on any atom is -0.396 e. The van der Waals surface area contributed by atoms with Crippen molar-refractivity contribution in [1.29, 1.82) is 0 Å². The van der Waals surface area contributed by atoms with Crippen LogP contribution < -0.4 is 11.5 Å². The lowest BCUT2D eigenvalue weighted by Gasteiger charge is -2.09. The lowest BCUT2D eigenvalue weighted by molar-refractivity contribution is 0.0996. The molecule has 0 aliphatic rings.